The minimum atomic E-state index is -0.574. The van der Waals surface area contributed by atoms with E-state index in [4.69, 9.17) is 10.00 Å². The molecule has 1 heterocycles. The third-order valence-electron chi connectivity index (χ3n) is 3.49. The van der Waals surface area contributed by atoms with Crippen molar-refractivity contribution >= 4 is 11.8 Å². The van der Waals surface area contributed by atoms with E-state index in [0.29, 0.717) is 12.3 Å². The number of aromatic nitrogens is 2. The SMILES string of the molecule is CCn1cc(C#N)c(=O)n(Cc2ccc(SC)c(OC)c2)c1=O. The molecule has 1 aromatic carbocycles. The van der Waals surface area contributed by atoms with E-state index in [1.807, 2.05) is 24.5 Å². The minimum Gasteiger partial charge on any atom is -0.496 e. The average Bonchev–Trinajstić information content (AvgIpc) is 2.58. The number of rotatable bonds is 5. The smallest absolute Gasteiger partial charge is 0.331 e. The first-order valence-electron chi connectivity index (χ1n) is 7.01. The standard InChI is InChI=1S/C16H17N3O3S/c1-4-18-10-12(8-17)15(20)19(16(18)21)9-11-5-6-14(23-3)13(7-11)22-2/h5-7,10H,4,9H2,1-3H3. The van der Waals surface area contributed by atoms with Crippen LogP contribution >= 0.6 is 11.8 Å². The average molecular weight is 331 g/mol. The van der Waals surface area contributed by atoms with Gasteiger partial charge in [-0.05, 0) is 30.9 Å². The van der Waals surface area contributed by atoms with Gasteiger partial charge in [0.25, 0.3) is 5.56 Å². The zero-order valence-electron chi connectivity index (χ0n) is 13.2. The van der Waals surface area contributed by atoms with Crippen LogP contribution in [0.3, 0.4) is 0 Å². The summed E-state index contributed by atoms with van der Waals surface area (Å²) < 4.78 is 7.75. The summed E-state index contributed by atoms with van der Waals surface area (Å²) in [6.07, 6.45) is 3.25. The summed E-state index contributed by atoms with van der Waals surface area (Å²) in [4.78, 5) is 25.6. The largest absolute Gasteiger partial charge is 0.496 e. The first-order valence-corrected chi connectivity index (χ1v) is 8.23. The predicted molar refractivity (Wildman–Crippen MR) is 89.2 cm³/mol. The van der Waals surface area contributed by atoms with E-state index < -0.39 is 11.2 Å². The quantitative estimate of drug-likeness (QED) is 0.779. The summed E-state index contributed by atoms with van der Waals surface area (Å²) in [5, 5.41) is 9.07. The first kappa shape index (κ1) is 16.9. The molecule has 2 aromatic rings. The van der Waals surface area contributed by atoms with Crippen LogP contribution in [-0.4, -0.2) is 22.5 Å². The van der Waals surface area contributed by atoms with Gasteiger partial charge in [-0.15, -0.1) is 11.8 Å². The minimum absolute atomic E-state index is 0.0425. The Morgan fingerprint density at radius 3 is 2.65 bits per heavy atom. The molecule has 0 amide bonds. The van der Waals surface area contributed by atoms with Gasteiger partial charge in [0.15, 0.2) is 0 Å². The molecule has 0 fully saturated rings. The second-order valence-corrected chi connectivity index (χ2v) is 5.65. The number of hydrogen-bond donors (Lipinski definition) is 0. The molecule has 6 nitrogen and oxygen atoms in total. The molecule has 0 N–H and O–H groups in total. The maximum atomic E-state index is 12.4. The molecule has 2 rings (SSSR count). The van der Waals surface area contributed by atoms with Gasteiger partial charge in [-0.25, -0.2) is 4.79 Å². The molecule has 0 saturated heterocycles. The van der Waals surface area contributed by atoms with Crippen LogP contribution in [-0.2, 0) is 13.1 Å². The number of nitrogens with zero attached hydrogens (tertiary/aromatic N) is 3. The first-order chi connectivity index (χ1) is 11.0. The molecule has 0 saturated carbocycles. The van der Waals surface area contributed by atoms with Gasteiger partial charge < -0.3 is 4.74 Å². The van der Waals surface area contributed by atoms with Gasteiger partial charge in [0.05, 0.1) is 13.7 Å². The number of thioether (sulfide) groups is 1. The van der Waals surface area contributed by atoms with Crippen LogP contribution in [0.1, 0.15) is 18.1 Å². The van der Waals surface area contributed by atoms with Crippen molar-refractivity contribution in [1.82, 2.24) is 9.13 Å². The van der Waals surface area contributed by atoms with E-state index in [0.717, 1.165) is 15.0 Å². The van der Waals surface area contributed by atoms with Gasteiger partial charge in [-0.3, -0.25) is 13.9 Å². The zero-order chi connectivity index (χ0) is 17.0. The molecular formula is C16H17N3O3S. The number of hydrogen-bond acceptors (Lipinski definition) is 5. The number of aryl methyl sites for hydroxylation is 1. The molecule has 7 heteroatoms. The predicted octanol–water partition coefficient (Wildman–Crippen LogP) is 1.68. The molecular weight excluding hydrogens is 314 g/mol. The number of benzene rings is 1. The highest BCUT2D eigenvalue weighted by molar-refractivity contribution is 7.98. The van der Waals surface area contributed by atoms with Gasteiger partial charge in [0.1, 0.15) is 17.4 Å². The van der Waals surface area contributed by atoms with Crippen LogP contribution < -0.4 is 16.0 Å². The van der Waals surface area contributed by atoms with E-state index in [9.17, 15) is 9.59 Å². The lowest BCUT2D eigenvalue weighted by Gasteiger charge is -2.12. The summed E-state index contributed by atoms with van der Waals surface area (Å²) in [5.41, 5.74) is -0.282. The van der Waals surface area contributed by atoms with Crippen molar-refractivity contribution in [2.75, 3.05) is 13.4 Å². The molecule has 0 unspecified atom stereocenters. The highest BCUT2D eigenvalue weighted by atomic mass is 32.2. The Bertz CT molecular complexity index is 878. The summed E-state index contributed by atoms with van der Waals surface area (Å²) in [5.74, 6) is 0.690. The molecule has 0 aliphatic carbocycles. The van der Waals surface area contributed by atoms with Crippen molar-refractivity contribution < 1.29 is 4.74 Å². The highest BCUT2D eigenvalue weighted by Gasteiger charge is 2.12. The summed E-state index contributed by atoms with van der Waals surface area (Å²) in [6, 6.07) is 7.37. The van der Waals surface area contributed by atoms with Gasteiger partial charge in [0, 0.05) is 17.6 Å². The molecule has 0 aliphatic rings. The third-order valence-corrected chi connectivity index (χ3v) is 4.26. The molecule has 1 aromatic heterocycles. The normalized spacial score (nSPS) is 10.3. The zero-order valence-corrected chi connectivity index (χ0v) is 14.0. The second kappa shape index (κ2) is 7.20. The molecule has 0 bridgehead atoms. The fraction of sp³-hybridized carbons (Fsp3) is 0.312. The summed E-state index contributed by atoms with van der Waals surface area (Å²) in [6.45, 7) is 2.27. The van der Waals surface area contributed by atoms with Gasteiger partial charge in [0.2, 0.25) is 0 Å². The van der Waals surface area contributed by atoms with Crippen LogP contribution in [0.5, 0.6) is 5.75 Å². The van der Waals surface area contributed by atoms with Crippen molar-refractivity contribution in [1.29, 1.82) is 5.26 Å². The van der Waals surface area contributed by atoms with E-state index in [2.05, 4.69) is 0 Å². The summed E-state index contributed by atoms with van der Waals surface area (Å²) in [7, 11) is 1.57. The van der Waals surface area contributed by atoms with E-state index in [1.54, 1.807) is 31.9 Å². The molecule has 120 valence electrons. The molecule has 0 aliphatic heterocycles. The van der Waals surface area contributed by atoms with Crippen molar-refractivity contribution in [3.05, 3.63) is 56.4 Å². The van der Waals surface area contributed by atoms with Crippen molar-refractivity contribution in [2.24, 2.45) is 0 Å². The lowest BCUT2D eigenvalue weighted by molar-refractivity contribution is 0.404. The Balaban J connectivity index is 2.55. The second-order valence-electron chi connectivity index (χ2n) is 4.80. The lowest BCUT2D eigenvalue weighted by atomic mass is 10.2. The van der Waals surface area contributed by atoms with Gasteiger partial charge in [-0.1, -0.05) is 6.07 Å². The highest BCUT2D eigenvalue weighted by Crippen LogP contribution is 2.28. The molecule has 23 heavy (non-hydrogen) atoms. The third kappa shape index (κ3) is 3.32. The monoisotopic (exact) mass is 331 g/mol. The van der Waals surface area contributed by atoms with E-state index in [-0.39, 0.29) is 12.1 Å². The van der Waals surface area contributed by atoms with Gasteiger partial charge >= 0.3 is 5.69 Å². The molecule has 0 spiro atoms. The lowest BCUT2D eigenvalue weighted by Crippen LogP contribution is -2.40. The maximum Gasteiger partial charge on any atom is 0.331 e. The van der Waals surface area contributed by atoms with Crippen LogP contribution in [0, 0.1) is 11.3 Å². The fourth-order valence-corrected chi connectivity index (χ4v) is 2.81. The maximum absolute atomic E-state index is 12.4. The Kier molecular flexibility index (Phi) is 5.29. The van der Waals surface area contributed by atoms with Gasteiger partial charge in [-0.2, -0.15) is 5.26 Å². The van der Waals surface area contributed by atoms with E-state index in [1.165, 1.54) is 10.8 Å². The Hall–Kier alpha value is -2.46. The fourth-order valence-electron chi connectivity index (χ4n) is 2.26. The molecule has 0 radical (unpaired) electrons. The van der Waals surface area contributed by atoms with E-state index >= 15 is 0 Å². The Morgan fingerprint density at radius 1 is 1.35 bits per heavy atom. The Morgan fingerprint density at radius 2 is 2.09 bits per heavy atom. The summed E-state index contributed by atoms with van der Waals surface area (Å²) >= 11 is 1.55. The van der Waals surface area contributed by atoms with Crippen molar-refractivity contribution in [3.63, 3.8) is 0 Å². The number of ether oxygens (including phenoxy) is 1. The topological polar surface area (TPSA) is 77.0 Å². The molecule has 0 atom stereocenters. The van der Waals surface area contributed by atoms with Crippen LogP contribution in [0.25, 0.3) is 0 Å². The van der Waals surface area contributed by atoms with Crippen LogP contribution in [0.2, 0.25) is 0 Å². The van der Waals surface area contributed by atoms with Crippen molar-refractivity contribution in [3.8, 4) is 11.8 Å². The number of nitriles is 1. The van der Waals surface area contributed by atoms with Crippen molar-refractivity contribution in [2.45, 2.75) is 24.9 Å². The van der Waals surface area contributed by atoms with Crippen LogP contribution in [0.15, 0.2) is 38.9 Å². The Labute approximate surface area is 137 Å². The number of methoxy groups -OCH3 is 1. The van der Waals surface area contributed by atoms with Crippen LogP contribution in [0.4, 0.5) is 0 Å².